The second kappa shape index (κ2) is 4.28. The van der Waals surface area contributed by atoms with Crippen molar-refractivity contribution < 1.29 is 9.90 Å². The summed E-state index contributed by atoms with van der Waals surface area (Å²) in [6.07, 6.45) is 3.34. The number of carbonyl (C=O) groups excluding carboxylic acids is 1. The van der Waals surface area contributed by atoms with Crippen molar-refractivity contribution in [2.75, 3.05) is 0 Å². The van der Waals surface area contributed by atoms with Gasteiger partial charge in [0.25, 0.3) is 0 Å². The standard InChI is InChI=1S/C16H18N2O2/c1-10-4-5-12-13(6-10)14(16(2,3)15(12)20)18-9-17-7-11(18)8-19/h4-7,9,14,19H,8H2,1-3H3. The van der Waals surface area contributed by atoms with Crippen LogP contribution in [0.1, 0.15) is 47.1 Å². The summed E-state index contributed by atoms with van der Waals surface area (Å²) in [5.74, 6) is 0.148. The Labute approximate surface area is 118 Å². The molecular weight excluding hydrogens is 252 g/mol. The molecule has 4 nitrogen and oxygen atoms in total. The lowest BCUT2D eigenvalue weighted by Gasteiger charge is -2.28. The number of hydrogen-bond donors (Lipinski definition) is 1. The molecule has 1 N–H and O–H groups in total. The van der Waals surface area contributed by atoms with Crippen LogP contribution in [-0.2, 0) is 6.61 Å². The monoisotopic (exact) mass is 270 g/mol. The van der Waals surface area contributed by atoms with Crippen molar-refractivity contribution in [3.63, 3.8) is 0 Å². The average molecular weight is 270 g/mol. The number of ketones is 1. The smallest absolute Gasteiger partial charge is 0.171 e. The molecule has 0 saturated heterocycles. The number of imidazole rings is 1. The van der Waals surface area contributed by atoms with Gasteiger partial charge in [0.1, 0.15) is 0 Å². The van der Waals surface area contributed by atoms with Crippen molar-refractivity contribution >= 4 is 5.78 Å². The summed E-state index contributed by atoms with van der Waals surface area (Å²) in [5.41, 5.74) is 3.12. The third-order valence-corrected chi connectivity index (χ3v) is 4.20. The first-order chi connectivity index (χ1) is 9.46. The van der Waals surface area contributed by atoms with Crippen molar-refractivity contribution in [3.8, 4) is 0 Å². The molecule has 0 bridgehead atoms. The van der Waals surface area contributed by atoms with E-state index in [1.807, 2.05) is 37.5 Å². The summed E-state index contributed by atoms with van der Waals surface area (Å²) in [6.45, 7) is 5.85. The topological polar surface area (TPSA) is 55.1 Å². The first-order valence-electron chi connectivity index (χ1n) is 6.73. The van der Waals surface area contributed by atoms with E-state index < -0.39 is 5.41 Å². The van der Waals surface area contributed by atoms with Crippen LogP contribution in [0.2, 0.25) is 0 Å². The van der Waals surface area contributed by atoms with E-state index in [0.29, 0.717) is 0 Å². The summed E-state index contributed by atoms with van der Waals surface area (Å²) in [6, 6.07) is 5.82. The lowest BCUT2D eigenvalue weighted by molar-refractivity contribution is 0.0817. The fourth-order valence-electron chi connectivity index (χ4n) is 3.16. The minimum absolute atomic E-state index is 0.0814. The molecule has 1 aliphatic carbocycles. The van der Waals surface area contributed by atoms with Gasteiger partial charge >= 0.3 is 0 Å². The number of nitrogens with zero attached hydrogens (tertiary/aromatic N) is 2. The lowest BCUT2D eigenvalue weighted by Crippen LogP contribution is -2.29. The van der Waals surface area contributed by atoms with Crippen molar-refractivity contribution in [3.05, 3.63) is 53.1 Å². The predicted molar refractivity (Wildman–Crippen MR) is 75.6 cm³/mol. The highest BCUT2D eigenvalue weighted by atomic mass is 16.3. The highest BCUT2D eigenvalue weighted by Gasteiger charge is 2.47. The maximum atomic E-state index is 12.6. The zero-order chi connectivity index (χ0) is 14.5. The van der Waals surface area contributed by atoms with Gasteiger partial charge in [-0.2, -0.15) is 0 Å². The van der Waals surface area contributed by atoms with Crippen LogP contribution in [0, 0.1) is 12.3 Å². The Hall–Kier alpha value is -1.94. The number of hydrogen-bond acceptors (Lipinski definition) is 3. The maximum absolute atomic E-state index is 12.6. The van der Waals surface area contributed by atoms with Gasteiger partial charge in [-0.3, -0.25) is 4.79 Å². The first-order valence-corrected chi connectivity index (χ1v) is 6.73. The van der Waals surface area contributed by atoms with Crippen molar-refractivity contribution in [1.82, 2.24) is 9.55 Å². The maximum Gasteiger partial charge on any atom is 0.171 e. The number of aliphatic hydroxyl groups is 1. The summed E-state index contributed by atoms with van der Waals surface area (Å²) in [4.78, 5) is 16.8. The van der Waals surface area contributed by atoms with Gasteiger partial charge in [-0.05, 0) is 12.5 Å². The van der Waals surface area contributed by atoms with Crippen LogP contribution in [0.15, 0.2) is 30.7 Å². The molecule has 3 rings (SSSR count). The molecule has 1 atom stereocenters. The fourth-order valence-corrected chi connectivity index (χ4v) is 3.16. The number of fused-ring (bicyclic) bond motifs is 1. The summed E-state index contributed by atoms with van der Waals surface area (Å²) in [5, 5.41) is 9.46. The van der Waals surface area contributed by atoms with Gasteiger partial charge in [0.2, 0.25) is 0 Å². The summed E-state index contributed by atoms with van der Waals surface area (Å²) >= 11 is 0. The molecule has 4 heteroatoms. The SMILES string of the molecule is Cc1ccc2c(c1)C(n1cncc1CO)C(C)(C)C2=O. The normalized spacial score (nSPS) is 20.2. The molecule has 0 spiro atoms. The van der Waals surface area contributed by atoms with E-state index in [2.05, 4.69) is 11.1 Å². The number of benzene rings is 1. The van der Waals surface area contributed by atoms with Gasteiger partial charge in [-0.15, -0.1) is 0 Å². The number of aliphatic hydroxyl groups excluding tert-OH is 1. The predicted octanol–water partition coefficient (Wildman–Crippen LogP) is 2.50. The van der Waals surface area contributed by atoms with Crippen LogP contribution in [-0.4, -0.2) is 20.4 Å². The van der Waals surface area contributed by atoms with E-state index in [0.717, 1.165) is 22.4 Å². The number of aromatic nitrogens is 2. The van der Waals surface area contributed by atoms with Crippen LogP contribution in [0.5, 0.6) is 0 Å². The molecular formula is C16H18N2O2. The van der Waals surface area contributed by atoms with Crippen LogP contribution >= 0.6 is 0 Å². The van der Waals surface area contributed by atoms with Gasteiger partial charge < -0.3 is 9.67 Å². The Morgan fingerprint density at radius 3 is 2.85 bits per heavy atom. The van der Waals surface area contributed by atoms with Gasteiger partial charge in [0, 0.05) is 5.56 Å². The van der Waals surface area contributed by atoms with Crippen LogP contribution in [0.4, 0.5) is 0 Å². The molecule has 1 heterocycles. The molecule has 0 radical (unpaired) electrons. The Morgan fingerprint density at radius 1 is 1.40 bits per heavy atom. The Bertz CT molecular complexity index is 686. The van der Waals surface area contributed by atoms with Gasteiger partial charge in [-0.25, -0.2) is 4.98 Å². The Kier molecular flexibility index (Phi) is 2.80. The highest BCUT2D eigenvalue weighted by Crippen LogP contribution is 2.48. The lowest BCUT2D eigenvalue weighted by atomic mass is 9.84. The van der Waals surface area contributed by atoms with E-state index in [1.165, 1.54) is 0 Å². The van der Waals surface area contributed by atoms with Crippen molar-refractivity contribution in [2.45, 2.75) is 33.4 Å². The van der Waals surface area contributed by atoms with E-state index in [1.54, 1.807) is 12.5 Å². The van der Waals surface area contributed by atoms with Crippen LogP contribution in [0.3, 0.4) is 0 Å². The summed E-state index contributed by atoms with van der Waals surface area (Å²) in [7, 11) is 0. The van der Waals surface area contributed by atoms with Gasteiger partial charge in [-0.1, -0.05) is 37.6 Å². The third-order valence-electron chi connectivity index (χ3n) is 4.20. The van der Waals surface area contributed by atoms with E-state index in [4.69, 9.17) is 0 Å². The quantitative estimate of drug-likeness (QED) is 0.912. The largest absolute Gasteiger partial charge is 0.390 e. The number of Topliss-reactive ketones (excluding diaryl/α,β-unsaturated/α-hetero) is 1. The summed E-state index contributed by atoms with van der Waals surface area (Å²) < 4.78 is 1.92. The van der Waals surface area contributed by atoms with Gasteiger partial charge in [0.05, 0.1) is 36.3 Å². The minimum atomic E-state index is -0.541. The molecule has 0 saturated carbocycles. The van der Waals surface area contributed by atoms with Gasteiger partial charge in [0.15, 0.2) is 5.78 Å². The molecule has 0 fully saturated rings. The molecule has 1 aromatic heterocycles. The Balaban J connectivity index is 2.25. The van der Waals surface area contributed by atoms with E-state index in [9.17, 15) is 9.90 Å². The van der Waals surface area contributed by atoms with E-state index >= 15 is 0 Å². The highest BCUT2D eigenvalue weighted by molar-refractivity contribution is 6.05. The number of rotatable bonds is 2. The molecule has 2 aromatic rings. The zero-order valence-electron chi connectivity index (χ0n) is 11.9. The fraction of sp³-hybridized carbons (Fsp3) is 0.375. The molecule has 0 aliphatic heterocycles. The van der Waals surface area contributed by atoms with Crippen molar-refractivity contribution in [2.24, 2.45) is 5.41 Å². The second-order valence-corrected chi connectivity index (χ2v) is 5.99. The van der Waals surface area contributed by atoms with E-state index in [-0.39, 0.29) is 18.4 Å². The molecule has 1 aliphatic rings. The Morgan fingerprint density at radius 2 is 2.15 bits per heavy atom. The zero-order valence-corrected chi connectivity index (χ0v) is 11.9. The minimum Gasteiger partial charge on any atom is -0.390 e. The first kappa shape index (κ1) is 13.1. The average Bonchev–Trinajstić information content (AvgIpc) is 2.92. The number of aryl methyl sites for hydroxylation is 1. The molecule has 0 amide bonds. The molecule has 104 valence electrons. The van der Waals surface area contributed by atoms with Crippen molar-refractivity contribution in [1.29, 1.82) is 0 Å². The molecule has 1 aromatic carbocycles. The van der Waals surface area contributed by atoms with Crippen LogP contribution in [0.25, 0.3) is 0 Å². The third kappa shape index (κ3) is 1.64. The molecule has 20 heavy (non-hydrogen) atoms. The second-order valence-electron chi connectivity index (χ2n) is 5.99. The molecule has 1 unspecified atom stereocenters. The number of carbonyl (C=O) groups is 1. The van der Waals surface area contributed by atoms with Crippen LogP contribution < -0.4 is 0 Å².